The van der Waals surface area contributed by atoms with Gasteiger partial charge in [0.25, 0.3) is 0 Å². The summed E-state index contributed by atoms with van der Waals surface area (Å²) in [5, 5.41) is 8.07. The van der Waals surface area contributed by atoms with E-state index in [1.165, 1.54) is 7.11 Å². The quantitative estimate of drug-likeness (QED) is 0.414. The molecule has 1 aromatic heterocycles. The fourth-order valence-corrected chi connectivity index (χ4v) is 4.88. The number of carbonyl (C=O) groups is 1. The van der Waals surface area contributed by atoms with E-state index in [4.69, 9.17) is 14.2 Å². The first-order valence-electron chi connectivity index (χ1n) is 11.6. The first-order chi connectivity index (χ1) is 17.6. The van der Waals surface area contributed by atoms with Crippen molar-refractivity contribution in [3.05, 3.63) is 106 Å². The van der Waals surface area contributed by atoms with Gasteiger partial charge in [-0.05, 0) is 54.4 Å². The number of ether oxygens (including phenoxy) is 3. The predicted molar refractivity (Wildman–Crippen MR) is 134 cm³/mol. The van der Waals surface area contributed by atoms with Crippen molar-refractivity contribution in [2.45, 2.75) is 19.1 Å². The van der Waals surface area contributed by atoms with Crippen molar-refractivity contribution < 1.29 is 19.0 Å². The lowest BCUT2D eigenvalue weighted by molar-refractivity contribution is 0.0600. The van der Waals surface area contributed by atoms with Crippen LogP contribution in [0.15, 0.2) is 78.6 Å². The molecule has 0 bridgehead atoms. The Bertz CT molecular complexity index is 1490. The highest BCUT2D eigenvalue weighted by Crippen LogP contribution is 2.50. The fraction of sp³-hybridized carbons (Fsp3) is 0.179. The summed E-state index contributed by atoms with van der Waals surface area (Å²) in [5.41, 5.74) is 6.46. The largest absolute Gasteiger partial charge is 0.497 e. The fourth-order valence-electron chi connectivity index (χ4n) is 4.88. The second kappa shape index (κ2) is 8.57. The Morgan fingerprint density at radius 3 is 2.47 bits per heavy atom. The van der Waals surface area contributed by atoms with E-state index < -0.39 is 6.10 Å². The number of hydrogen-bond donors (Lipinski definition) is 1. The average molecular weight is 481 g/mol. The van der Waals surface area contributed by atoms with E-state index in [0.29, 0.717) is 11.5 Å². The maximum absolute atomic E-state index is 12.0. The molecule has 0 aliphatic carbocycles. The third kappa shape index (κ3) is 3.50. The van der Waals surface area contributed by atoms with Crippen LogP contribution in [0.4, 0.5) is 5.95 Å². The van der Waals surface area contributed by atoms with Gasteiger partial charge in [0.15, 0.2) is 0 Å². The van der Waals surface area contributed by atoms with Crippen LogP contribution in [-0.4, -0.2) is 35.0 Å². The minimum Gasteiger partial charge on any atom is -0.497 e. The van der Waals surface area contributed by atoms with Gasteiger partial charge in [-0.2, -0.15) is 10.1 Å². The summed E-state index contributed by atoms with van der Waals surface area (Å²) in [7, 11) is 3.03. The summed E-state index contributed by atoms with van der Waals surface area (Å²) in [4.78, 5) is 16.5. The highest BCUT2D eigenvalue weighted by molar-refractivity contribution is 5.89. The third-order valence-corrected chi connectivity index (χ3v) is 6.64. The lowest BCUT2D eigenvalue weighted by Crippen LogP contribution is -2.32. The number of aryl methyl sites for hydroxylation is 1. The number of nitrogens with one attached hydrogen (secondary N) is 1. The van der Waals surface area contributed by atoms with Crippen LogP contribution in [0.2, 0.25) is 0 Å². The van der Waals surface area contributed by atoms with Crippen LogP contribution in [0.25, 0.3) is 5.70 Å². The van der Waals surface area contributed by atoms with E-state index in [2.05, 4.69) is 28.4 Å². The molecule has 0 radical (unpaired) electrons. The molecule has 3 aromatic carbocycles. The van der Waals surface area contributed by atoms with Gasteiger partial charge in [0.2, 0.25) is 5.95 Å². The molecule has 0 amide bonds. The van der Waals surface area contributed by atoms with Crippen molar-refractivity contribution in [1.29, 1.82) is 0 Å². The Morgan fingerprint density at radius 1 is 1.00 bits per heavy atom. The average Bonchev–Trinajstić information content (AvgIpc) is 3.39. The smallest absolute Gasteiger partial charge is 0.337 e. The highest BCUT2D eigenvalue weighted by atomic mass is 16.5. The molecule has 0 saturated heterocycles. The zero-order chi connectivity index (χ0) is 24.8. The Balaban J connectivity index is 1.56. The van der Waals surface area contributed by atoms with Gasteiger partial charge in [0.05, 0.1) is 25.5 Å². The predicted octanol–water partition coefficient (Wildman–Crippen LogP) is 4.94. The van der Waals surface area contributed by atoms with Crippen LogP contribution in [0.3, 0.4) is 0 Å². The summed E-state index contributed by atoms with van der Waals surface area (Å²) < 4.78 is 18.8. The van der Waals surface area contributed by atoms with Gasteiger partial charge in [-0.3, -0.25) is 0 Å². The second-order valence-corrected chi connectivity index (χ2v) is 8.77. The molecular weight excluding hydrogens is 456 g/mol. The van der Waals surface area contributed by atoms with Crippen molar-refractivity contribution in [3.63, 3.8) is 0 Å². The lowest BCUT2D eigenvalue weighted by atomic mass is 9.84. The summed E-state index contributed by atoms with van der Waals surface area (Å²) in [5.74, 6) is 1.82. The van der Waals surface area contributed by atoms with Gasteiger partial charge in [-0.1, -0.05) is 35.9 Å². The van der Waals surface area contributed by atoms with Gasteiger partial charge in [-0.25, -0.2) is 9.48 Å². The number of rotatable bonds is 4. The van der Waals surface area contributed by atoms with Gasteiger partial charge in [0, 0.05) is 11.1 Å². The molecule has 4 aromatic rings. The molecule has 1 N–H and O–H groups in total. The van der Waals surface area contributed by atoms with E-state index in [9.17, 15) is 4.79 Å². The molecule has 2 aliphatic rings. The molecule has 180 valence electrons. The summed E-state index contributed by atoms with van der Waals surface area (Å²) in [6.45, 7) is 2.06. The van der Waals surface area contributed by atoms with Gasteiger partial charge in [0.1, 0.15) is 30.0 Å². The Kier molecular flexibility index (Phi) is 5.21. The Morgan fingerprint density at radius 2 is 1.75 bits per heavy atom. The lowest BCUT2D eigenvalue weighted by Gasteiger charge is -2.39. The maximum Gasteiger partial charge on any atom is 0.337 e. The van der Waals surface area contributed by atoms with Crippen LogP contribution in [0.1, 0.15) is 44.8 Å². The molecule has 0 fully saturated rings. The van der Waals surface area contributed by atoms with Crippen molar-refractivity contribution >= 4 is 17.6 Å². The van der Waals surface area contributed by atoms with Crippen molar-refractivity contribution in [2.75, 3.05) is 19.5 Å². The molecular formula is C28H24N4O4. The molecule has 6 rings (SSSR count). The number of methoxy groups -OCH3 is 2. The zero-order valence-corrected chi connectivity index (χ0v) is 20.1. The van der Waals surface area contributed by atoms with Crippen LogP contribution in [0, 0.1) is 6.92 Å². The molecule has 8 nitrogen and oxygen atoms in total. The van der Waals surface area contributed by atoms with Crippen LogP contribution >= 0.6 is 0 Å². The Hall–Kier alpha value is -4.59. The van der Waals surface area contributed by atoms with Crippen molar-refractivity contribution in [1.82, 2.24) is 14.8 Å². The standard InChI is InChI=1S/C28H24N4O4/c1-16-4-13-22-21(14-16)24-23(26(36-22)18-5-7-19(8-6-18)27(33)35-3)25(32-28(31-24)29-15-30-32)17-9-11-20(34-2)12-10-17/h4-15,25-26H,1-3H3,(H,29,30,31)/t25-,26-/m1/s1. The number of hydrogen-bond acceptors (Lipinski definition) is 7. The number of fused-ring (bicyclic) bond motifs is 3. The molecule has 36 heavy (non-hydrogen) atoms. The van der Waals surface area contributed by atoms with Gasteiger partial charge in [-0.15, -0.1) is 0 Å². The second-order valence-electron chi connectivity index (χ2n) is 8.77. The van der Waals surface area contributed by atoms with Crippen molar-refractivity contribution in [3.8, 4) is 11.5 Å². The van der Waals surface area contributed by atoms with Gasteiger partial charge >= 0.3 is 5.97 Å². The molecule has 3 heterocycles. The van der Waals surface area contributed by atoms with Crippen LogP contribution in [-0.2, 0) is 4.74 Å². The molecule has 0 unspecified atom stereocenters. The van der Waals surface area contributed by atoms with Crippen molar-refractivity contribution in [2.24, 2.45) is 0 Å². The zero-order valence-electron chi connectivity index (χ0n) is 20.1. The number of aromatic nitrogens is 3. The molecule has 0 spiro atoms. The normalized spacial score (nSPS) is 17.8. The Labute approximate surface area is 208 Å². The summed E-state index contributed by atoms with van der Waals surface area (Å²) >= 11 is 0. The summed E-state index contributed by atoms with van der Waals surface area (Å²) in [6, 6.07) is 21.2. The van der Waals surface area contributed by atoms with Crippen LogP contribution in [0.5, 0.6) is 11.5 Å². The van der Waals surface area contributed by atoms with E-state index in [0.717, 1.165) is 45.0 Å². The van der Waals surface area contributed by atoms with E-state index in [1.807, 2.05) is 53.2 Å². The minimum absolute atomic E-state index is 0.274. The van der Waals surface area contributed by atoms with E-state index in [1.54, 1.807) is 25.6 Å². The number of esters is 1. The first kappa shape index (κ1) is 21.9. The monoisotopic (exact) mass is 480 g/mol. The summed E-state index contributed by atoms with van der Waals surface area (Å²) in [6.07, 6.45) is 1.12. The maximum atomic E-state index is 12.0. The number of nitrogens with zero attached hydrogens (tertiary/aromatic N) is 3. The SMILES string of the molecule is COC(=O)c1ccc([C@H]2Oc3ccc(C)cc3C3=C2[C@@H](c2ccc(OC)cc2)n2ncnc2N3)cc1. The van der Waals surface area contributed by atoms with Gasteiger partial charge < -0.3 is 19.5 Å². The van der Waals surface area contributed by atoms with Crippen LogP contribution < -0.4 is 14.8 Å². The number of carbonyl (C=O) groups excluding carboxylic acids is 1. The third-order valence-electron chi connectivity index (χ3n) is 6.64. The topological polar surface area (TPSA) is 87.5 Å². The molecule has 8 heteroatoms. The minimum atomic E-state index is -0.432. The highest BCUT2D eigenvalue weighted by Gasteiger charge is 2.41. The number of anilines is 1. The molecule has 2 atom stereocenters. The molecule has 0 saturated carbocycles. The first-order valence-corrected chi connectivity index (χ1v) is 11.6. The van der Waals surface area contributed by atoms with E-state index in [-0.39, 0.29) is 12.0 Å². The molecule has 2 aliphatic heterocycles. The number of benzene rings is 3. The van der Waals surface area contributed by atoms with E-state index >= 15 is 0 Å².